The Morgan fingerprint density at radius 2 is 1.83 bits per heavy atom. The zero-order chi connectivity index (χ0) is 24.8. The molecule has 0 aliphatic carbocycles. The van der Waals surface area contributed by atoms with Gasteiger partial charge in [-0.05, 0) is 18.6 Å². The molecule has 7 nitrogen and oxygen atoms in total. The number of morpholine rings is 1. The largest absolute Gasteiger partial charge is 0.379 e. The molecule has 1 fully saturated rings. The van der Waals surface area contributed by atoms with Crippen LogP contribution >= 0.6 is 0 Å². The smallest absolute Gasteiger partial charge is 0.262 e. The summed E-state index contributed by atoms with van der Waals surface area (Å²) >= 11 is 0. The van der Waals surface area contributed by atoms with Crippen LogP contribution in [0.15, 0.2) is 53.6 Å². The normalized spacial score (nSPS) is 18.4. The molecule has 35 heavy (non-hydrogen) atoms. The Morgan fingerprint density at radius 1 is 1.11 bits per heavy atom. The number of amides is 2. The van der Waals surface area contributed by atoms with Crippen molar-refractivity contribution in [3.63, 3.8) is 0 Å². The summed E-state index contributed by atoms with van der Waals surface area (Å²) in [4.78, 5) is 30.1. The van der Waals surface area contributed by atoms with Gasteiger partial charge in [0, 0.05) is 44.6 Å². The molecule has 0 aromatic heterocycles. The highest BCUT2D eigenvalue weighted by atomic mass is 19.1. The second-order valence-corrected chi connectivity index (χ2v) is 9.02. The molecule has 186 valence electrons. The van der Waals surface area contributed by atoms with Crippen LogP contribution in [0.4, 0.5) is 4.39 Å². The molecule has 4 rings (SSSR count). The van der Waals surface area contributed by atoms with E-state index in [1.165, 1.54) is 11.1 Å². The lowest BCUT2D eigenvalue weighted by molar-refractivity contribution is -0.141. The summed E-state index contributed by atoms with van der Waals surface area (Å²) in [5.74, 6) is -0.710. The van der Waals surface area contributed by atoms with Crippen LogP contribution in [0.2, 0.25) is 0 Å². The van der Waals surface area contributed by atoms with Crippen LogP contribution < -0.4 is 0 Å². The number of nitrogens with zero attached hydrogens (tertiary/aromatic N) is 4. The van der Waals surface area contributed by atoms with Gasteiger partial charge in [0.25, 0.3) is 5.91 Å². The molecule has 2 aromatic carbocycles. The number of hydrogen-bond donors (Lipinski definition) is 0. The van der Waals surface area contributed by atoms with Gasteiger partial charge in [0.15, 0.2) is 0 Å². The number of hydrogen-bond acceptors (Lipinski definition) is 5. The molecular weight excluding hydrogens is 447 g/mol. The van der Waals surface area contributed by atoms with Crippen LogP contribution in [0.3, 0.4) is 0 Å². The summed E-state index contributed by atoms with van der Waals surface area (Å²) in [6.45, 7) is 7.89. The molecule has 2 aliphatic heterocycles. The van der Waals surface area contributed by atoms with Gasteiger partial charge in [0.05, 0.1) is 25.0 Å². The first-order valence-corrected chi connectivity index (χ1v) is 12.2. The topological polar surface area (TPSA) is 65.5 Å². The zero-order valence-electron chi connectivity index (χ0n) is 20.5. The maximum Gasteiger partial charge on any atom is 0.262 e. The van der Waals surface area contributed by atoms with Crippen LogP contribution in [0.25, 0.3) is 0 Å². The fourth-order valence-electron chi connectivity index (χ4n) is 4.48. The van der Waals surface area contributed by atoms with E-state index in [4.69, 9.17) is 4.74 Å². The highest BCUT2D eigenvalue weighted by Crippen LogP contribution is 2.33. The number of carbonyl (C=O) groups is 2. The lowest BCUT2D eigenvalue weighted by Gasteiger charge is -2.31. The highest BCUT2D eigenvalue weighted by Gasteiger charge is 2.35. The minimum atomic E-state index is -0.364. The van der Waals surface area contributed by atoms with E-state index in [9.17, 15) is 14.0 Å². The van der Waals surface area contributed by atoms with Crippen LogP contribution in [-0.2, 0) is 14.3 Å². The quantitative estimate of drug-likeness (QED) is 0.581. The molecule has 8 heteroatoms. The molecule has 1 saturated heterocycles. The number of rotatable bonds is 8. The third kappa shape index (κ3) is 6.13. The molecule has 1 atom stereocenters. The van der Waals surface area contributed by atoms with E-state index in [1.807, 2.05) is 31.2 Å². The van der Waals surface area contributed by atoms with Gasteiger partial charge in [-0.1, -0.05) is 55.0 Å². The van der Waals surface area contributed by atoms with E-state index >= 15 is 0 Å². The lowest BCUT2D eigenvalue weighted by atomic mass is 9.97. The minimum Gasteiger partial charge on any atom is -0.379 e. The van der Waals surface area contributed by atoms with Crippen molar-refractivity contribution >= 4 is 17.5 Å². The monoisotopic (exact) mass is 480 g/mol. The van der Waals surface area contributed by atoms with Crippen LogP contribution in [-0.4, -0.2) is 78.3 Å². The highest BCUT2D eigenvalue weighted by molar-refractivity contribution is 6.03. The predicted octanol–water partition coefficient (Wildman–Crippen LogP) is 3.38. The summed E-state index contributed by atoms with van der Waals surface area (Å²) in [5.41, 5.74) is 2.97. The molecular formula is C27H33FN4O3. The van der Waals surface area contributed by atoms with Crippen LogP contribution in [0.5, 0.6) is 0 Å². The molecule has 0 radical (unpaired) electrons. The lowest BCUT2D eigenvalue weighted by Crippen LogP contribution is -2.46. The van der Waals surface area contributed by atoms with Gasteiger partial charge in [-0.3, -0.25) is 14.5 Å². The molecule has 0 unspecified atom stereocenters. The van der Waals surface area contributed by atoms with Gasteiger partial charge < -0.3 is 9.64 Å². The molecule has 0 N–H and O–H groups in total. The van der Waals surface area contributed by atoms with Gasteiger partial charge in [-0.25, -0.2) is 9.40 Å². The van der Waals surface area contributed by atoms with Crippen molar-refractivity contribution in [2.75, 3.05) is 45.9 Å². The van der Waals surface area contributed by atoms with Crippen molar-refractivity contribution in [3.05, 3.63) is 71.0 Å². The van der Waals surface area contributed by atoms with Gasteiger partial charge in [-0.2, -0.15) is 5.10 Å². The summed E-state index contributed by atoms with van der Waals surface area (Å²) < 4.78 is 19.9. The second-order valence-electron chi connectivity index (χ2n) is 9.02. The Morgan fingerprint density at radius 3 is 2.51 bits per heavy atom. The third-order valence-corrected chi connectivity index (χ3v) is 6.58. The number of benzene rings is 2. The fourth-order valence-corrected chi connectivity index (χ4v) is 4.48. The maximum absolute atomic E-state index is 14.5. The van der Waals surface area contributed by atoms with Crippen LogP contribution in [0.1, 0.15) is 42.5 Å². The first-order valence-electron chi connectivity index (χ1n) is 12.2. The Labute approximate surface area is 206 Å². The first kappa shape index (κ1) is 25.0. The molecule has 2 aromatic rings. The molecule has 0 saturated carbocycles. The summed E-state index contributed by atoms with van der Waals surface area (Å²) in [7, 11) is 0. The number of carbonyl (C=O) groups excluding carboxylic acids is 2. The zero-order valence-corrected chi connectivity index (χ0v) is 20.5. The second kappa shape index (κ2) is 11.6. The van der Waals surface area contributed by atoms with Crippen molar-refractivity contribution in [1.82, 2.24) is 14.8 Å². The standard InChI is InChI=1S/C27H33FN4O3/c1-3-26(33)31(13-12-30-14-16-35-17-15-30)19-27(34)32-25(21-10-8-20(2)9-11-21)18-24(29-32)22-6-4-5-7-23(22)28/h4-11,25H,3,12-19H2,1-2H3/t25-/m1/s1. The number of hydrazone groups is 1. The SMILES string of the molecule is CCC(=O)N(CCN1CCOCC1)CC(=O)N1N=C(c2ccccc2F)C[C@@H]1c1ccc(C)cc1. The van der Waals surface area contributed by atoms with E-state index in [2.05, 4.69) is 10.0 Å². The molecule has 2 heterocycles. The first-order chi connectivity index (χ1) is 17.0. The average Bonchev–Trinajstić information content (AvgIpc) is 3.32. The summed E-state index contributed by atoms with van der Waals surface area (Å²) in [6, 6.07) is 14.1. The minimum absolute atomic E-state index is 0.0621. The van der Waals surface area contributed by atoms with Gasteiger partial charge >= 0.3 is 0 Å². The predicted molar refractivity (Wildman–Crippen MR) is 132 cm³/mol. The van der Waals surface area contributed by atoms with Gasteiger partial charge in [0.1, 0.15) is 12.4 Å². The molecule has 0 spiro atoms. The van der Waals surface area contributed by atoms with E-state index in [0.29, 0.717) is 50.4 Å². The van der Waals surface area contributed by atoms with E-state index in [-0.39, 0.29) is 30.2 Å². The third-order valence-electron chi connectivity index (χ3n) is 6.58. The average molecular weight is 481 g/mol. The van der Waals surface area contributed by atoms with Crippen molar-refractivity contribution in [3.8, 4) is 0 Å². The van der Waals surface area contributed by atoms with Gasteiger partial charge in [0.2, 0.25) is 5.91 Å². The van der Waals surface area contributed by atoms with Crippen molar-refractivity contribution in [1.29, 1.82) is 0 Å². The van der Waals surface area contributed by atoms with E-state index < -0.39 is 0 Å². The van der Waals surface area contributed by atoms with Crippen LogP contribution in [0, 0.1) is 12.7 Å². The number of ether oxygens (including phenoxy) is 1. The van der Waals surface area contributed by atoms with Gasteiger partial charge in [-0.15, -0.1) is 0 Å². The molecule has 2 aliphatic rings. The Kier molecular flexibility index (Phi) is 8.25. The summed E-state index contributed by atoms with van der Waals surface area (Å²) in [6.07, 6.45) is 0.729. The van der Waals surface area contributed by atoms with Crippen molar-refractivity contribution < 1.29 is 18.7 Å². The molecule has 0 bridgehead atoms. The maximum atomic E-state index is 14.5. The van der Waals surface area contributed by atoms with Crippen molar-refractivity contribution in [2.45, 2.75) is 32.7 Å². The Hall–Kier alpha value is -3.10. The van der Waals surface area contributed by atoms with Crippen molar-refractivity contribution in [2.24, 2.45) is 5.10 Å². The van der Waals surface area contributed by atoms with E-state index in [0.717, 1.165) is 24.2 Å². The molecule has 2 amide bonds. The number of aryl methyl sites for hydroxylation is 1. The number of halogens is 1. The van der Waals surface area contributed by atoms with E-state index in [1.54, 1.807) is 30.0 Å². The summed E-state index contributed by atoms with van der Waals surface area (Å²) in [5, 5.41) is 6.02. The fraction of sp³-hybridized carbons (Fsp3) is 0.444. The Bertz CT molecular complexity index is 1070. The Balaban J connectivity index is 1.55.